The molecule has 148 valence electrons. The number of halogens is 2. The van der Waals surface area contributed by atoms with E-state index in [-0.39, 0.29) is 33.7 Å². The predicted molar refractivity (Wildman–Crippen MR) is 103 cm³/mol. The van der Waals surface area contributed by atoms with E-state index < -0.39 is 28.4 Å². The van der Waals surface area contributed by atoms with Crippen molar-refractivity contribution in [1.82, 2.24) is 9.97 Å². The number of aromatic amines is 1. The molecule has 1 saturated heterocycles. The number of H-pyrrole nitrogens is 1. The van der Waals surface area contributed by atoms with E-state index in [1.165, 1.54) is 12.1 Å². The van der Waals surface area contributed by atoms with Crippen LogP contribution in [0.4, 0.5) is 10.1 Å². The quantitative estimate of drug-likeness (QED) is 0.544. The lowest BCUT2D eigenvalue weighted by Crippen LogP contribution is -2.31. The Morgan fingerprint density at radius 1 is 1.39 bits per heavy atom. The fraction of sp³-hybridized carbons (Fsp3) is 0.333. The number of carbonyl (C=O) groups excluding carboxylic acids is 2. The van der Waals surface area contributed by atoms with Crippen LogP contribution >= 0.6 is 23.4 Å². The molecule has 1 fully saturated rings. The van der Waals surface area contributed by atoms with Gasteiger partial charge < -0.3 is 10.1 Å². The van der Waals surface area contributed by atoms with Gasteiger partial charge in [-0.3, -0.25) is 14.4 Å². The van der Waals surface area contributed by atoms with Crippen molar-refractivity contribution in [3.8, 4) is 5.88 Å². The molecule has 1 aliphatic heterocycles. The van der Waals surface area contributed by atoms with E-state index in [9.17, 15) is 23.9 Å². The number of thioether (sulfide) groups is 1. The maximum absolute atomic E-state index is 13.3. The maximum atomic E-state index is 13.3. The van der Waals surface area contributed by atoms with Crippen LogP contribution in [0, 0.1) is 5.82 Å². The highest BCUT2D eigenvalue weighted by atomic mass is 35.5. The van der Waals surface area contributed by atoms with Crippen LogP contribution in [0.15, 0.2) is 28.2 Å². The molecule has 0 bridgehead atoms. The van der Waals surface area contributed by atoms with Gasteiger partial charge in [0.15, 0.2) is 5.16 Å². The van der Waals surface area contributed by atoms with Crippen LogP contribution in [0.5, 0.6) is 5.88 Å². The smallest absolute Gasteiger partial charge is 0.258 e. The van der Waals surface area contributed by atoms with Crippen LogP contribution in [0.2, 0.25) is 5.02 Å². The van der Waals surface area contributed by atoms with Crippen molar-refractivity contribution in [3.05, 3.63) is 45.0 Å². The molecule has 1 aromatic carbocycles. The second kappa shape index (κ2) is 8.32. The van der Waals surface area contributed by atoms with Crippen molar-refractivity contribution in [1.29, 1.82) is 0 Å². The molecule has 1 atom stereocenters. The molecule has 2 N–H and O–H groups in total. The van der Waals surface area contributed by atoms with Crippen LogP contribution in [-0.2, 0) is 16.0 Å². The van der Waals surface area contributed by atoms with Gasteiger partial charge in [-0.25, -0.2) is 9.29 Å². The Morgan fingerprint density at radius 3 is 2.79 bits per heavy atom. The van der Waals surface area contributed by atoms with Gasteiger partial charge in [0.05, 0.1) is 16.3 Å². The van der Waals surface area contributed by atoms with E-state index >= 15 is 0 Å². The lowest BCUT2D eigenvalue weighted by Gasteiger charge is -2.15. The largest absolute Gasteiger partial charge is 0.493 e. The molecule has 10 heteroatoms. The molecule has 2 heterocycles. The van der Waals surface area contributed by atoms with Gasteiger partial charge in [-0.15, -0.1) is 0 Å². The summed E-state index contributed by atoms with van der Waals surface area (Å²) in [5, 5.41) is 9.04. The monoisotopic (exact) mass is 425 g/mol. The Kier molecular flexibility index (Phi) is 6.04. The number of rotatable bonds is 6. The molecule has 0 spiro atoms. The predicted octanol–water partition coefficient (Wildman–Crippen LogP) is 3.03. The SMILES string of the molecule is CCCCc1c(O)nc(SC2CC(=O)N(c3ccc(F)c(Cl)c3)C2=O)[nH]c1=O. The summed E-state index contributed by atoms with van der Waals surface area (Å²) < 4.78 is 13.3. The van der Waals surface area contributed by atoms with Crippen molar-refractivity contribution >= 4 is 40.9 Å². The molecule has 0 aliphatic carbocycles. The van der Waals surface area contributed by atoms with E-state index in [0.29, 0.717) is 6.42 Å². The van der Waals surface area contributed by atoms with Crippen LogP contribution < -0.4 is 10.5 Å². The zero-order valence-electron chi connectivity index (χ0n) is 14.9. The summed E-state index contributed by atoms with van der Waals surface area (Å²) in [7, 11) is 0. The summed E-state index contributed by atoms with van der Waals surface area (Å²) in [4.78, 5) is 44.5. The number of amides is 2. The minimum atomic E-state index is -0.833. The molecule has 1 aliphatic rings. The highest BCUT2D eigenvalue weighted by Crippen LogP contribution is 2.34. The summed E-state index contributed by atoms with van der Waals surface area (Å²) in [6.45, 7) is 1.96. The van der Waals surface area contributed by atoms with Gasteiger partial charge in [-0.2, -0.15) is 4.98 Å². The van der Waals surface area contributed by atoms with E-state index in [1.807, 2.05) is 6.92 Å². The van der Waals surface area contributed by atoms with Crippen molar-refractivity contribution in [2.75, 3.05) is 4.90 Å². The van der Waals surface area contributed by atoms with Gasteiger partial charge in [0.1, 0.15) is 11.1 Å². The third kappa shape index (κ3) is 4.05. The zero-order valence-corrected chi connectivity index (χ0v) is 16.4. The van der Waals surface area contributed by atoms with Crippen molar-refractivity contribution in [2.24, 2.45) is 0 Å². The average Bonchev–Trinajstić information content (AvgIpc) is 2.90. The van der Waals surface area contributed by atoms with Gasteiger partial charge in [-0.1, -0.05) is 36.7 Å². The highest BCUT2D eigenvalue weighted by molar-refractivity contribution is 8.00. The minimum absolute atomic E-state index is 0.0490. The second-order valence-electron chi connectivity index (χ2n) is 6.25. The number of aromatic nitrogens is 2. The number of nitrogens with zero attached hydrogens (tertiary/aromatic N) is 2. The third-order valence-corrected chi connectivity index (χ3v) is 5.63. The first-order valence-electron chi connectivity index (χ1n) is 8.62. The lowest BCUT2D eigenvalue weighted by molar-refractivity contribution is -0.121. The van der Waals surface area contributed by atoms with Crippen LogP contribution in [0.25, 0.3) is 0 Å². The molecule has 28 heavy (non-hydrogen) atoms. The van der Waals surface area contributed by atoms with E-state index in [0.717, 1.165) is 35.6 Å². The fourth-order valence-corrected chi connectivity index (χ4v) is 3.99. The van der Waals surface area contributed by atoms with Crippen molar-refractivity contribution in [3.63, 3.8) is 0 Å². The van der Waals surface area contributed by atoms with Gasteiger partial charge in [-0.05, 0) is 31.0 Å². The molecular formula is C18H17ClFN3O4S. The molecule has 1 aromatic heterocycles. The van der Waals surface area contributed by atoms with E-state index in [4.69, 9.17) is 11.6 Å². The summed E-state index contributed by atoms with van der Waals surface area (Å²) in [6, 6.07) is 3.57. The first-order valence-corrected chi connectivity index (χ1v) is 9.88. The second-order valence-corrected chi connectivity index (χ2v) is 7.85. The van der Waals surface area contributed by atoms with E-state index in [1.54, 1.807) is 0 Å². The number of imide groups is 1. The van der Waals surface area contributed by atoms with Gasteiger partial charge >= 0.3 is 0 Å². The highest BCUT2D eigenvalue weighted by Gasteiger charge is 2.41. The number of unbranched alkanes of at least 4 members (excludes halogenated alkanes) is 1. The molecular weight excluding hydrogens is 409 g/mol. The molecule has 7 nitrogen and oxygen atoms in total. The normalized spacial score (nSPS) is 16.8. The van der Waals surface area contributed by atoms with Crippen LogP contribution in [0.3, 0.4) is 0 Å². The molecule has 0 saturated carbocycles. The summed E-state index contributed by atoms with van der Waals surface area (Å²) >= 11 is 6.62. The fourth-order valence-electron chi connectivity index (χ4n) is 2.83. The molecule has 2 aromatic rings. The Bertz CT molecular complexity index is 997. The van der Waals surface area contributed by atoms with Crippen molar-refractivity contribution < 1.29 is 19.1 Å². The summed E-state index contributed by atoms with van der Waals surface area (Å²) in [5.74, 6) is -2.04. The molecule has 1 unspecified atom stereocenters. The van der Waals surface area contributed by atoms with Gasteiger partial charge in [0.2, 0.25) is 17.7 Å². The minimum Gasteiger partial charge on any atom is -0.493 e. The molecule has 0 radical (unpaired) electrons. The average molecular weight is 426 g/mol. The number of aromatic hydroxyl groups is 1. The number of hydrogen-bond acceptors (Lipinski definition) is 6. The first kappa shape index (κ1) is 20.3. The van der Waals surface area contributed by atoms with Gasteiger partial charge in [0, 0.05) is 6.42 Å². The summed E-state index contributed by atoms with van der Waals surface area (Å²) in [6.07, 6.45) is 1.86. The topological polar surface area (TPSA) is 103 Å². The standard InChI is InChI=1S/C18H17ClFN3O4S/c1-2-3-4-10-15(25)21-18(22-16(10)26)28-13-8-14(24)23(17(13)27)9-5-6-12(20)11(19)7-9/h5-7,13H,2-4,8H2,1H3,(H2,21,22,25,26). The van der Waals surface area contributed by atoms with Crippen molar-refractivity contribution in [2.45, 2.75) is 43.0 Å². The summed E-state index contributed by atoms with van der Waals surface area (Å²) in [5.41, 5.74) is -0.103. The lowest BCUT2D eigenvalue weighted by atomic mass is 10.1. The van der Waals surface area contributed by atoms with E-state index in [2.05, 4.69) is 9.97 Å². The molecule has 3 rings (SSSR count). The number of nitrogens with one attached hydrogen (secondary N) is 1. The van der Waals surface area contributed by atoms with Gasteiger partial charge in [0.25, 0.3) is 5.56 Å². The number of carbonyl (C=O) groups is 2. The number of hydrogen-bond donors (Lipinski definition) is 2. The Morgan fingerprint density at radius 2 is 2.14 bits per heavy atom. The van der Waals surface area contributed by atoms with Crippen LogP contribution in [0.1, 0.15) is 31.7 Å². The Balaban J connectivity index is 1.80. The Hall–Kier alpha value is -2.39. The Labute approximate surface area is 168 Å². The zero-order chi connectivity index (χ0) is 20.4. The third-order valence-electron chi connectivity index (χ3n) is 4.27. The molecule has 2 amide bonds. The number of anilines is 1. The maximum Gasteiger partial charge on any atom is 0.258 e. The van der Waals surface area contributed by atoms with Crippen LogP contribution in [-0.4, -0.2) is 32.1 Å². The first-order chi connectivity index (χ1) is 13.3. The number of benzene rings is 1.